The van der Waals surface area contributed by atoms with Crippen LogP contribution in [0.5, 0.6) is 5.88 Å². The molecule has 0 N–H and O–H groups in total. The average Bonchev–Trinajstić information content (AvgIpc) is 2.59. The van der Waals surface area contributed by atoms with Crippen LogP contribution in [0.3, 0.4) is 0 Å². The van der Waals surface area contributed by atoms with Gasteiger partial charge in [0.05, 0.1) is 13.1 Å². The molecule has 2 aromatic rings. The van der Waals surface area contributed by atoms with Crippen LogP contribution in [0.15, 0.2) is 48.5 Å². The van der Waals surface area contributed by atoms with Gasteiger partial charge in [-0.3, -0.25) is 14.5 Å². The number of pyridine rings is 1. The first kappa shape index (κ1) is 17.0. The van der Waals surface area contributed by atoms with Crippen LogP contribution in [-0.4, -0.2) is 49.1 Å². The predicted octanol–water partition coefficient (Wildman–Crippen LogP) is 0.388. The Labute approximate surface area is 145 Å². The van der Waals surface area contributed by atoms with E-state index in [1.54, 1.807) is 25.2 Å². The Morgan fingerprint density at radius 2 is 1.72 bits per heavy atom. The highest BCUT2D eigenvalue weighted by molar-refractivity contribution is 6.63. The molecule has 0 aliphatic carbocycles. The third kappa shape index (κ3) is 4.80. The number of rotatable bonds is 4. The number of aromatic nitrogens is 1. The zero-order chi connectivity index (χ0) is 17.6. The van der Waals surface area contributed by atoms with Crippen molar-refractivity contribution in [1.82, 2.24) is 9.88 Å². The van der Waals surface area contributed by atoms with Crippen LogP contribution in [0, 0.1) is 0 Å². The molecular weight excluding hydrogens is 323 g/mol. The van der Waals surface area contributed by atoms with E-state index in [9.17, 15) is 9.59 Å². The first-order valence-corrected chi connectivity index (χ1v) is 7.81. The summed E-state index contributed by atoms with van der Waals surface area (Å²) in [4.78, 5) is 29.4. The Morgan fingerprint density at radius 3 is 2.40 bits per heavy atom. The van der Waals surface area contributed by atoms with Crippen molar-refractivity contribution >= 4 is 24.7 Å². The summed E-state index contributed by atoms with van der Waals surface area (Å²) in [7, 11) is 0.466. The maximum absolute atomic E-state index is 11.8. The van der Waals surface area contributed by atoms with Gasteiger partial charge in [0.25, 0.3) is 0 Å². The van der Waals surface area contributed by atoms with Gasteiger partial charge in [-0.2, -0.15) is 0 Å². The quantitative estimate of drug-likeness (QED) is 0.745. The van der Waals surface area contributed by atoms with E-state index in [1.807, 2.05) is 30.3 Å². The van der Waals surface area contributed by atoms with E-state index in [1.165, 1.54) is 4.90 Å². The summed E-state index contributed by atoms with van der Waals surface area (Å²) in [6.45, 7) is 0.373. The van der Waals surface area contributed by atoms with E-state index in [0.717, 1.165) is 5.56 Å². The topological polar surface area (TPSA) is 78.0 Å². The first-order valence-electron chi connectivity index (χ1n) is 7.81. The molecule has 1 aliphatic rings. The van der Waals surface area contributed by atoms with Crippen molar-refractivity contribution in [1.29, 1.82) is 0 Å². The summed E-state index contributed by atoms with van der Waals surface area (Å²) in [6.07, 6.45) is 0. The average molecular weight is 340 g/mol. The van der Waals surface area contributed by atoms with E-state index >= 15 is 0 Å². The molecule has 0 atom stereocenters. The van der Waals surface area contributed by atoms with Crippen molar-refractivity contribution in [2.75, 3.05) is 20.1 Å². The number of carbonyl (C=O) groups is 2. The van der Waals surface area contributed by atoms with Crippen molar-refractivity contribution in [3.8, 4) is 5.88 Å². The Hall–Kier alpha value is -2.87. The van der Waals surface area contributed by atoms with Crippen molar-refractivity contribution in [2.24, 2.45) is 0 Å². The highest BCUT2D eigenvalue weighted by atomic mass is 16.6. The van der Waals surface area contributed by atoms with Crippen LogP contribution in [-0.2, 0) is 25.5 Å². The number of ether oxygens (including phenoxy) is 1. The lowest BCUT2D eigenvalue weighted by Crippen LogP contribution is -2.48. The zero-order valence-electron chi connectivity index (χ0n) is 13.8. The molecule has 3 rings (SSSR count). The molecule has 0 unspecified atom stereocenters. The number of hydrogen-bond acceptors (Lipinski definition) is 7. The van der Waals surface area contributed by atoms with Crippen molar-refractivity contribution in [2.45, 2.75) is 6.61 Å². The van der Waals surface area contributed by atoms with Gasteiger partial charge in [-0.15, -0.1) is 0 Å². The van der Waals surface area contributed by atoms with Gasteiger partial charge in [0.15, 0.2) is 0 Å². The van der Waals surface area contributed by atoms with Gasteiger partial charge in [0.2, 0.25) is 5.88 Å². The highest BCUT2D eigenvalue weighted by Gasteiger charge is 2.35. The minimum Gasteiger partial charge on any atom is -0.493 e. The monoisotopic (exact) mass is 340 g/mol. The Kier molecular flexibility index (Phi) is 5.30. The second-order valence-corrected chi connectivity index (χ2v) is 5.66. The molecule has 128 valence electrons. The van der Waals surface area contributed by atoms with Gasteiger partial charge in [-0.1, -0.05) is 36.4 Å². The van der Waals surface area contributed by atoms with Gasteiger partial charge in [0.1, 0.15) is 12.2 Å². The standard InChI is InChI=1S/C17H17BN2O5/c1-20-10-16(21)24-18(25-17(22)11-20)14-8-5-9-15(19-14)23-12-13-6-3-2-4-7-13/h2-9H,10-12H2,1H3. The number of carbonyl (C=O) groups excluding carboxylic acids is 2. The molecule has 0 spiro atoms. The highest BCUT2D eigenvalue weighted by Crippen LogP contribution is 2.09. The minimum absolute atomic E-state index is 0.00972. The van der Waals surface area contributed by atoms with Crippen LogP contribution in [0.4, 0.5) is 0 Å². The molecule has 1 fully saturated rings. The van der Waals surface area contributed by atoms with E-state index in [-0.39, 0.29) is 13.1 Å². The van der Waals surface area contributed by atoms with E-state index < -0.39 is 19.1 Å². The number of likely N-dealkylation sites (N-methyl/N-ethyl adjacent to an activating group) is 1. The minimum atomic E-state index is -1.17. The fourth-order valence-electron chi connectivity index (χ4n) is 2.33. The van der Waals surface area contributed by atoms with Crippen LogP contribution >= 0.6 is 0 Å². The lowest BCUT2D eigenvalue weighted by atomic mass is 9.83. The summed E-state index contributed by atoms with van der Waals surface area (Å²) in [5.41, 5.74) is 1.30. The number of hydrogen-bond donors (Lipinski definition) is 0. The van der Waals surface area contributed by atoms with Gasteiger partial charge in [-0.05, 0) is 18.7 Å². The maximum Gasteiger partial charge on any atom is 0.656 e. The fraction of sp³-hybridized carbons (Fsp3) is 0.235. The SMILES string of the molecule is CN1CC(=O)OB(c2cccc(OCc3ccccc3)n2)OC(=O)C1. The van der Waals surface area contributed by atoms with Crippen molar-refractivity contribution in [3.05, 3.63) is 54.1 Å². The molecule has 0 radical (unpaired) electrons. The molecule has 0 saturated carbocycles. The smallest absolute Gasteiger partial charge is 0.493 e. The molecule has 1 aliphatic heterocycles. The van der Waals surface area contributed by atoms with Gasteiger partial charge in [0, 0.05) is 6.07 Å². The van der Waals surface area contributed by atoms with Crippen molar-refractivity contribution in [3.63, 3.8) is 0 Å². The maximum atomic E-state index is 11.8. The largest absolute Gasteiger partial charge is 0.656 e. The van der Waals surface area contributed by atoms with Crippen molar-refractivity contribution < 1.29 is 23.6 Å². The Balaban J connectivity index is 1.71. The van der Waals surface area contributed by atoms with Crippen LogP contribution in [0.25, 0.3) is 0 Å². The van der Waals surface area contributed by atoms with Crippen LogP contribution in [0.1, 0.15) is 5.56 Å². The molecule has 0 amide bonds. The lowest BCUT2D eigenvalue weighted by Gasteiger charge is -2.22. The van der Waals surface area contributed by atoms with Gasteiger partial charge in [-0.25, -0.2) is 4.98 Å². The van der Waals surface area contributed by atoms with Crippen LogP contribution < -0.4 is 10.3 Å². The molecule has 1 aromatic carbocycles. The molecule has 1 saturated heterocycles. The second-order valence-electron chi connectivity index (χ2n) is 5.66. The number of nitrogens with zero attached hydrogens (tertiary/aromatic N) is 2. The Bertz CT molecular complexity index is 736. The molecule has 1 aromatic heterocycles. The molecule has 7 nitrogen and oxygen atoms in total. The normalized spacial score (nSPS) is 15.8. The van der Waals surface area contributed by atoms with E-state index in [4.69, 9.17) is 14.0 Å². The molecule has 8 heteroatoms. The van der Waals surface area contributed by atoms with Crippen LogP contribution in [0.2, 0.25) is 0 Å². The molecule has 2 heterocycles. The summed E-state index contributed by atoms with van der Waals surface area (Å²) in [5, 5.41) is 0. The van der Waals surface area contributed by atoms with E-state index in [0.29, 0.717) is 18.1 Å². The molecule has 25 heavy (non-hydrogen) atoms. The van der Waals surface area contributed by atoms with E-state index in [2.05, 4.69) is 4.98 Å². The van der Waals surface area contributed by atoms with Gasteiger partial charge < -0.3 is 14.0 Å². The number of benzene rings is 1. The molecular formula is C17H17BN2O5. The fourth-order valence-corrected chi connectivity index (χ4v) is 2.33. The summed E-state index contributed by atoms with van der Waals surface area (Å²) < 4.78 is 16.0. The zero-order valence-corrected chi connectivity index (χ0v) is 13.8. The summed E-state index contributed by atoms with van der Waals surface area (Å²) in [5.74, 6) is -0.623. The summed E-state index contributed by atoms with van der Waals surface area (Å²) >= 11 is 0. The second kappa shape index (κ2) is 7.80. The van der Waals surface area contributed by atoms with Gasteiger partial charge >= 0.3 is 19.1 Å². The third-order valence-electron chi connectivity index (χ3n) is 3.49. The summed E-state index contributed by atoms with van der Waals surface area (Å²) in [6, 6.07) is 14.7. The first-order chi connectivity index (χ1) is 12.1. The Morgan fingerprint density at radius 1 is 1.04 bits per heavy atom. The third-order valence-corrected chi connectivity index (χ3v) is 3.49. The predicted molar refractivity (Wildman–Crippen MR) is 90.1 cm³/mol. The molecule has 0 bridgehead atoms. The lowest BCUT2D eigenvalue weighted by molar-refractivity contribution is -0.145.